The zero-order valence-electron chi connectivity index (χ0n) is 12.2. The first-order valence-corrected chi connectivity index (χ1v) is 9.22. The number of benzene rings is 1. The van der Waals surface area contributed by atoms with Crippen LogP contribution in [-0.4, -0.2) is 26.3 Å². The summed E-state index contributed by atoms with van der Waals surface area (Å²) < 4.78 is 5.47. The van der Waals surface area contributed by atoms with Crippen molar-refractivity contribution in [2.45, 2.75) is 0 Å². The van der Waals surface area contributed by atoms with Gasteiger partial charge in [0.2, 0.25) is 0 Å². The Morgan fingerprint density at radius 2 is 1.73 bits per heavy atom. The van der Waals surface area contributed by atoms with Gasteiger partial charge in [-0.2, -0.15) is 0 Å². The van der Waals surface area contributed by atoms with E-state index in [0.717, 1.165) is 26.3 Å². The average Bonchev–Trinajstić information content (AvgIpc) is 3.25. The third-order valence-electron chi connectivity index (χ3n) is 3.93. The Balaban J connectivity index is 1.66. The Morgan fingerprint density at radius 1 is 0.909 bits per heavy atom. The largest absolute Gasteiger partial charge is 0.378 e. The Hall–Kier alpha value is -1.62. The molecule has 0 saturated carbocycles. The number of ether oxygens (including phenoxy) is 1. The summed E-state index contributed by atoms with van der Waals surface area (Å²) in [5.74, 6) is 0. The highest BCUT2D eigenvalue weighted by atomic mass is 32.1. The van der Waals surface area contributed by atoms with Gasteiger partial charge in [0, 0.05) is 18.0 Å². The fraction of sp³-hybridized carbons (Fsp3) is 0.222. The molecule has 0 unspecified atom stereocenters. The molecule has 0 radical (unpaired) electrons. The molecule has 1 aromatic carbocycles. The third-order valence-corrected chi connectivity index (χ3v) is 5.94. The van der Waals surface area contributed by atoms with Crippen molar-refractivity contribution in [1.29, 1.82) is 0 Å². The molecular weight excluding hydrogens is 310 g/mol. The van der Waals surface area contributed by atoms with E-state index in [0.29, 0.717) is 0 Å². The zero-order chi connectivity index (χ0) is 14.8. The molecule has 4 rings (SSSR count). The molecule has 0 amide bonds. The molecule has 0 bridgehead atoms. The summed E-state index contributed by atoms with van der Waals surface area (Å²) in [5.41, 5.74) is 3.95. The van der Waals surface area contributed by atoms with Crippen molar-refractivity contribution in [1.82, 2.24) is 0 Å². The van der Waals surface area contributed by atoms with E-state index < -0.39 is 0 Å². The molecule has 3 aromatic rings. The smallest absolute Gasteiger partial charge is 0.0676 e. The van der Waals surface area contributed by atoms with E-state index in [-0.39, 0.29) is 0 Å². The number of hydrogen-bond donors (Lipinski definition) is 0. The predicted octanol–water partition coefficient (Wildman–Crippen LogP) is 4.98. The zero-order valence-corrected chi connectivity index (χ0v) is 13.8. The molecule has 1 saturated heterocycles. The fourth-order valence-electron chi connectivity index (χ4n) is 2.78. The summed E-state index contributed by atoms with van der Waals surface area (Å²) in [4.78, 5) is 5.18. The quantitative estimate of drug-likeness (QED) is 0.672. The van der Waals surface area contributed by atoms with Crippen LogP contribution in [0.4, 0.5) is 5.69 Å². The summed E-state index contributed by atoms with van der Waals surface area (Å²) in [5, 5.41) is 4.45. The van der Waals surface area contributed by atoms with Gasteiger partial charge in [0.05, 0.1) is 23.8 Å². The minimum atomic E-state index is 0.828. The highest BCUT2D eigenvalue weighted by Crippen LogP contribution is 2.41. The monoisotopic (exact) mass is 327 g/mol. The molecule has 0 atom stereocenters. The van der Waals surface area contributed by atoms with Gasteiger partial charge in [0.25, 0.3) is 0 Å². The highest BCUT2D eigenvalue weighted by molar-refractivity contribution is 7.21. The van der Waals surface area contributed by atoms with E-state index in [1.165, 1.54) is 26.6 Å². The van der Waals surface area contributed by atoms with E-state index in [1.54, 1.807) is 0 Å². The lowest BCUT2D eigenvalue weighted by Crippen LogP contribution is -2.36. The lowest BCUT2D eigenvalue weighted by Gasteiger charge is -2.28. The maximum atomic E-state index is 5.47. The van der Waals surface area contributed by atoms with Crippen molar-refractivity contribution >= 4 is 28.4 Å². The second-order valence-corrected chi connectivity index (χ2v) is 7.13. The fourth-order valence-corrected chi connectivity index (χ4v) is 4.76. The number of hydrogen-bond acceptors (Lipinski definition) is 4. The van der Waals surface area contributed by atoms with Gasteiger partial charge in [-0.25, -0.2) is 0 Å². The lowest BCUT2D eigenvalue weighted by molar-refractivity contribution is 0.123. The minimum absolute atomic E-state index is 0.828. The van der Waals surface area contributed by atoms with Gasteiger partial charge in [0.15, 0.2) is 0 Å². The molecule has 22 heavy (non-hydrogen) atoms. The molecule has 1 fully saturated rings. The van der Waals surface area contributed by atoms with Crippen LogP contribution in [0.2, 0.25) is 0 Å². The molecule has 2 nitrogen and oxygen atoms in total. The van der Waals surface area contributed by atoms with Crippen LogP contribution < -0.4 is 4.90 Å². The van der Waals surface area contributed by atoms with Crippen LogP contribution in [0, 0.1) is 0 Å². The number of thiophene rings is 2. The molecule has 112 valence electrons. The number of nitrogens with zero attached hydrogens (tertiary/aromatic N) is 1. The van der Waals surface area contributed by atoms with E-state index in [2.05, 4.69) is 58.1 Å². The van der Waals surface area contributed by atoms with Gasteiger partial charge < -0.3 is 9.64 Å². The van der Waals surface area contributed by atoms with E-state index >= 15 is 0 Å². The van der Waals surface area contributed by atoms with Crippen LogP contribution in [-0.2, 0) is 4.74 Å². The Morgan fingerprint density at radius 3 is 2.55 bits per heavy atom. The first-order chi connectivity index (χ1) is 10.9. The Kier molecular flexibility index (Phi) is 3.97. The highest BCUT2D eigenvalue weighted by Gasteiger charge is 2.18. The molecule has 0 aliphatic carbocycles. The van der Waals surface area contributed by atoms with Crippen molar-refractivity contribution in [3.63, 3.8) is 0 Å². The number of rotatable bonds is 3. The average molecular weight is 327 g/mol. The molecule has 2 aromatic heterocycles. The molecule has 1 aliphatic rings. The summed E-state index contributed by atoms with van der Waals surface area (Å²) in [6.07, 6.45) is 0. The molecular formula is C18H17NOS2. The van der Waals surface area contributed by atoms with Gasteiger partial charge in [-0.3, -0.25) is 0 Å². The summed E-state index contributed by atoms with van der Waals surface area (Å²) in [6, 6.07) is 15.1. The maximum Gasteiger partial charge on any atom is 0.0676 e. The molecule has 1 aliphatic heterocycles. The molecule has 4 heteroatoms. The van der Waals surface area contributed by atoms with Crippen LogP contribution in [0.3, 0.4) is 0 Å². The van der Waals surface area contributed by atoms with Gasteiger partial charge in [-0.15, -0.1) is 22.7 Å². The van der Waals surface area contributed by atoms with Crippen molar-refractivity contribution < 1.29 is 4.74 Å². The normalized spacial score (nSPS) is 15.2. The van der Waals surface area contributed by atoms with Gasteiger partial charge >= 0.3 is 0 Å². The van der Waals surface area contributed by atoms with Gasteiger partial charge in [0.1, 0.15) is 0 Å². The van der Waals surface area contributed by atoms with Gasteiger partial charge in [-0.05, 0) is 34.0 Å². The van der Waals surface area contributed by atoms with Crippen molar-refractivity contribution in [2.75, 3.05) is 31.2 Å². The summed E-state index contributed by atoms with van der Waals surface area (Å²) in [6.45, 7) is 3.63. The second kappa shape index (κ2) is 6.24. The lowest BCUT2D eigenvalue weighted by atomic mass is 10.1. The third kappa shape index (κ3) is 2.70. The first kappa shape index (κ1) is 14.0. The van der Waals surface area contributed by atoms with Crippen LogP contribution >= 0.6 is 22.7 Å². The first-order valence-electron chi connectivity index (χ1n) is 7.46. The van der Waals surface area contributed by atoms with E-state index in [9.17, 15) is 0 Å². The van der Waals surface area contributed by atoms with Crippen LogP contribution in [0.25, 0.3) is 20.9 Å². The summed E-state index contributed by atoms with van der Waals surface area (Å²) >= 11 is 3.67. The minimum Gasteiger partial charge on any atom is -0.378 e. The van der Waals surface area contributed by atoms with Crippen LogP contribution in [0.1, 0.15) is 0 Å². The maximum absolute atomic E-state index is 5.47. The number of morpholine rings is 1. The Bertz CT molecular complexity index is 741. The number of anilines is 1. The van der Waals surface area contributed by atoms with E-state index in [1.807, 2.05) is 22.7 Å². The topological polar surface area (TPSA) is 12.5 Å². The summed E-state index contributed by atoms with van der Waals surface area (Å²) in [7, 11) is 0. The molecule has 0 spiro atoms. The van der Waals surface area contributed by atoms with Gasteiger partial charge in [-0.1, -0.05) is 30.3 Å². The van der Waals surface area contributed by atoms with Crippen molar-refractivity contribution in [2.24, 2.45) is 0 Å². The standard InChI is InChI=1S/C18H17NOS2/c1-2-4-14(5-3-1)15-12-17(22-13-15)18-16(6-11-21-18)19-7-9-20-10-8-19/h1-6,11-13H,7-10H2. The Labute approximate surface area is 138 Å². The van der Waals surface area contributed by atoms with Crippen molar-refractivity contribution in [3.05, 3.63) is 53.2 Å². The van der Waals surface area contributed by atoms with Crippen LogP contribution in [0.5, 0.6) is 0 Å². The van der Waals surface area contributed by atoms with Crippen LogP contribution in [0.15, 0.2) is 53.2 Å². The van der Waals surface area contributed by atoms with Crippen molar-refractivity contribution in [3.8, 4) is 20.9 Å². The molecule has 3 heterocycles. The SMILES string of the molecule is c1ccc(-c2csc(-c3sccc3N3CCOCC3)c2)cc1. The second-order valence-electron chi connectivity index (χ2n) is 5.30. The predicted molar refractivity (Wildman–Crippen MR) is 96.1 cm³/mol. The van der Waals surface area contributed by atoms with E-state index in [4.69, 9.17) is 4.74 Å². The molecule has 0 N–H and O–H groups in total.